The molecule has 1 atom stereocenters. The van der Waals surface area contributed by atoms with Crippen LogP contribution in [0.3, 0.4) is 0 Å². The summed E-state index contributed by atoms with van der Waals surface area (Å²) in [5.41, 5.74) is 0. The molecule has 0 spiro atoms. The summed E-state index contributed by atoms with van der Waals surface area (Å²) in [5.74, 6) is 0.871. The summed E-state index contributed by atoms with van der Waals surface area (Å²) >= 11 is 0. The number of hydrogen-bond donors (Lipinski definition) is 2. The van der Waals surface area contributed by atoms with Gasteiger partial charge in [0.25, 0.3) is 0 Å². The van der Waals surface area contributed by atoms with Crippen molar-refractivity contribution in [3.05, 3.63) is 0 Å². The van der Waals surface area contributed by atoms with Gasteiger partial charge in [0.1, 0.15) is 6.04 Å². The minimum atomic E-state index is -0.440. The second-order valence-electron chi connectivity index (χ2n) is 8.29. The number of carbonyl (C=O) groups excluding carboxylic acids is 2. The van der Waals surface area contributed by atoms with Crippen LogP contribution < -0.4 is 10.6 Å². The zero-order chi connectivity index (χ0) is 18.9. The zero-order valence-electron chi connectivity index (χ0n) is 16.8. The van der Waals surface area contributed by atoms with Gasteiger partial charge in [-0.2, -0.15) is 0 Å². The molecule has 2 fully saturated rings. The first-order chi connectivity index (χ1) is 12.5. The van der Waals surface area contributed by atoms with Crippen LogP contribution in [-0.2, 0) is 14.3 Å². The number of nitrogens with one attached hydrogen (secondary N) is 2. The summed E-state index contributed by atoms with van der Waals surface area (Å²) in [6.45, 7) is 11.4. The summed E-state index contributed by atoms with van der Waals surface area (Å²) in [4.78, 5) is 27.5. The number of rotatable bonds is 8. The fourth-order valence-electron chi connectivity index (χ4n) is 3.78. The molecule has 0 aromatic heterocycles. The Hall–Kier alpha value is -1.14. The SMILES string of the molecule is CC1CCC(C(=O)N[C@H](C(=O)NCCCN2CCOCC2)C(C)C)CC1. The average Bonchev–Trinajstić information content (AvgIpc) is 2.64. The van der Waals surface area contributed by atoms with Crippen LogP contribution in [0.4, 0.5) is 0 Å². The van der Waals surface area contributed by atoms with E-state index in [1.54, 1.807) is 0 Å². The maximum atomic E-state index is 12.6. The molecule has 0 radical (unpaired) electrons. The standard InChI is InChI=1S/C20H37N3O3/c1-15(2)18(22-19(24)17-7-5-16(3)6-8-17)20(25)21-9-4-10-23-11-13-26-14-12-23/h15-18H,4-14H2,1-3H3,(H,21,25)(H,22,24)/t16?,17?,18-/m0/s1. The van der Waals surface area contributed by atoms with Crippen molar-refractivity contribution in [2.75, 3.05) is 39.4 Å². The number of ether oxygens (including phenoxy) is 1. The minimum Gasteiger partial charge on any atom is -0.379 e. The van der Waals surface area contributed by atoms with Crippen molar-refractivity contribution in [2.24, 2.45) is 17.8 Å². The number of morpholine rings is 1. The molecule has 1 saturated carbocycles. The van der Waals surface area contributed by atoms with E-state index in [1.165, 1.54) is 0 Å². The minimum absolute atomic E-state index is 0.0547. The Balaban J connectivity index is 1.71. The van der Waals surface area contributed by atoms with Gasteiger partial charge in [0.05, 0.1) is 13.2 Å². The lowest BCUT2D eigenvalue weighted by atomic mass is 9.82. The number of nitrogens with zero attached hydrogens (tertiary/aromatic N) is 1. The molecule has 0 bridgehead atoms. The first-order valence-corrected chi connectivity index (χ1v) is 10.4. The van der Waals surface area contributed by atoms with Gasteiger partial charge in [-0.25, -0.2) is 0 Å². The number of carbonyl (C=O) groups is 2. The van der Waals surface area contributed by atoms with Gasteiger partial charge in [-0.3, -0.25) is 14.5 Å². The fourth-order valence-corrected chi connectivity index (χ4v) is 3.78. The molecule has 1 heterocycles. The van der Waals surface area contributed by atoms with Crippen molar-refractivity contribution < 1.29 is 14.3 Å². The average molecular weight is 368 g/mol. The van der Waals surface area contributed by atoms with Crippen LogP contribution >= 0.6 is 0 Å². The Bertz CT molecular complexity index is 442. The molecular formula is C20H37N3O3. The molecule has 26 heavy (non-hydrogen) atoms. The topological polar surface area (TPSA) is 70.7 Å². The van der Waals surface area contributed by atoms with Crippen LogP contribution in [-0.4, -0.2) is 62.1 Å². The van der Waals surface area contributed by atoms with E-state index in [4.69, 9.17) is 4.74 Å². The Labute approximate surface area is 158 Å². The molecule has 0 aromatic carbocycles. The fraction of sp³-hybridized carbons (Fsp3) is 0.900. The molecule has 1 aliphatic heterocycles. The summed E-state index contributed by atoms with van der Waals surface area (Å²) in [6.07, 6.45) is 5.03. The van der Waals surface area contributed by atoms with Gasteiger partial charge in [0, 0.05) is 25.6 Å². The number of hydrogen-bond acceptors (Lipinski definition) is 4. The first kappa shape index (κ1) is 21.2. The summed E-state index contributed by atoms with van der Waals surface area (Å²) in [7, 11) is 0. The Morgan fingerprint density at radius 3 is 2.38 bits per heavy atom. The Morgan fingerprint density at radius 2 is 1.77 bits per heavy atom. The molecule has 1 aliphatic carbocycles. The van der Waals surface area contributed by atoms with Crippen molar-refractivity contribution in [3.63, 3.8) is 0 Å². The Morgan fingerprint density at radius 1 is 1.12 bits per heavy atom. The Kier molecular flexibility index (Phi) is 8.85. The van der Waals surface area contributed by atoms with E-state index in [2.05, 4.69) is 22.5 Å². The van der Waals surface area contributed by atoms with Crippen molar-refractivity contribution in [3.8, 4) is 0 Å². The second-order valence-corrected chi connectivity index (χ2v) is 8.29. The van der Waals surface area contributed by atoms with E-state index >= 15 is 0 Å². The van der Waals surface area contributed by atoms with Crippen LogP contribution in [0.1, 0.15) is 52.9 Å². The normalized spacial score (nSPS) is 25.7. The van der Waals surface area contributed by atoms with E-state index in [0.29, 0.717) is 6.54 Å². The highest BCUT2D eigenvalue weighted by Gasteiger charge is 2.29. The van der Waals surface area contributed by atoms with E-state index in [1.807, 2.05) is 13.8 Å². The van der Waals surface area contributed by atoms with Crippen molar-refractivity contribution in [1.29, 1.82) is 0 Å². The monoisotopic (exact) mass is 367 g/mol. The highest BCUT2D eigenvalue weighted by Crippen LogP contribution is 2.28. The van der Waals surface area contributed by atoms with Gasteiger partial charge in [-0.1, -0.05) is 20.8 Å². The van der Waals surface area contributed by atoms with E-state index < -0.39 is 6.04 Å². The highest BCUT2D eigenvalue weighted by atomic mass is 16.5. The van der Waals surface area contributed by atoms with Gasteiger partial charge in [-0.05, 0) is 50.5 Å². The highest BCUT2D eigenvalue weighted by molar-refractivity contribution is 5.88. The first-order valence-electron chi connectivity index (χ1n) is 10.4. The quantitative estimate of drug-likeness (QED) is 0.642. The van der Waals surface area contributed by atoms with Crippen LogP contribution in [0, 0.1) is 17.8 Å². The van der Waals surface area contributed by atoms with E-state index in [-0.39, 0.29) is 23.7 Å². The molecule has 2 N–H and O–H groups in total. The molecule has 6 nitrogen and oxygen atoms in total. The van der Waals surface area contributed by atoms with Gasteiger partial charge >= 0.3 is 0 Å². The van der Waals surface area contributed by atoms with Gasteiger partial charge in [0.2, 0.25) is 11.8 Å². The van der Waals surface area contributed by atoms with Crippen LogP contribution in [0.5, 0.6) is 0 Å². The smallest absolute Gasteiger partial charge is 0.242 e. The third-order valence-electron chi connectivity index (χ3n) is 5.69. The largest absolute Gasteiger partial charge is 0.379 e. The zero-order valence-corrected chi connectivity index (χ0v) is 16.8. The third kappa shape index (κ3) is 6.88. The predicted molar refractivity (Wildman–Crippen MR) is 103 cm³/mol. The molecule has 6 heteroatoms. The third-order valence-corrected chi connectivity index (χ3v) is 5.69. The summed E-state index contributed by atoms with van der Waals surface area (Å²) in [6, 6.07) is -0.440. The van der Waals surface area contributed by atoms with Crippen LogP contribution in [0.2, 0.25) is 0 Å². The molecule has 2 rings (SSSR count). The molecule has 0 unspecified atom stereocenters. The molecule has 0 aromatic rings. The van der Waals surface area contributed by atoms with Gasteiger partial charge in [-0.15, -0.1) is 0 Å². The number of amides is 2. The maximum absolute atomic E-state index is 12.6. The van der Waals surface area contributed by atoms with Crippen LogP contribution in [0.25, 0.3) is 0 Å². The lowest BCUT2D eigenvalue weighted by Crippen LogP contribution is -2.51. The lowest BCUT2D eigenvalue weighted by Gasteiger charge is -2.29. The molecule has 150 valence electrons. The summed E-state index contributed by atoms with van der Waals surface area (Å²) in [5, 5.41) is 6.02. The van der Waals surface area contributed by atoms with Crippen LogP contribution in [0.15, 0.2) is 0 Å². The maximum Gasteiger partial charge on any atom is 0.242 e. The lowest BCUT2D eigenvalue weighted by molar-refractivity contribution is -0.132. The molecule has 2 aliphatic rings. The van der Waals surface area contributed by atoms with Gasteiger partial charge < -0.3 is 15.4 Å². The van der Waals surface area contributed by atoms with E-state index in [9.17, 15) is 9.59 Å². The molecule has 1 saturated heterocycles. The molecule has 2 amide bonds. The second kappa shape index (κ2) is 10.9. The molecular weight excluding hydrogens is 330 g/mol. The van der Waals surface area contributed by atoms with Crippen molar-refractivity contribution in [2.45, 2.75) is 58.9 Å². The van der Waals surface area contributed by atoms with Crippen molar-refractivity contribution >= 4 is 11.8 Å². The van der Waals surface area contributed by atoms with E-state index in [0.717, 1.165) is 70.9 Å². The predicted octanol–water partition coefficient (Wildman–Crippen LogP) is 1.79. The van der Waals surface area contributed by atoms with Gasteiger partial charge in [0.15, 0.2) is 0 Å². The summed E-state index contributed by atoms with van der Waals surface area (Å²) < 4.78 is 5.34. The van der Waals surface area contributed by atoms with Crippen molar-refractivity contribution in [1.82, 2.24) is 15.5 Å².